The van der Waals surface area contributed by atoms with Crippen molar-refractivity contribution in [2.24, 2.45) is 5.92 Å². The van der Waals surface area contributed by atoms with E-state index in [0.717, 1.165) is 29.7 Å². The van der Waals surface area contributed by atoms with Crippen molar-refractivity contribution in [3.05, 3.63) is 58.9 Å². The zero-order valence-electron chi connectivity index (χ0n) is 16.5. The minimum absolute atomic E-state index is 0.0865. The van der Waals surface area contributed by atoms with Gasteiger partial charge in [0.05, 0.1) is 23.4 Å². The maximum absolute atomic E-state index is 12.8. The van der Waals surface area contributed by atoms with E-state index in [1.54, 1.807) is 11.0 Å². The Morgan fingerprint density at radius 2 is 2.14 bits per heavy atom. The summed E-state index contributed by atoms with van der Waals surface area (Å²) in [6.07, 6.45) is 4.48. The molecule has 1 N–H and O–H groups in total. The molecule has 1 aliphatic heterocycles. The predicted octanol–water partition coefficient (Wildman–Crippen LogP) is 4.51. The van der Waals surface area contributed by atoms with Crippen LogP contribution in [0.1, 0.15) is 34.3 Å². The molecule has 1 unspecified atom stereocenters. The monoisotopic (exact) mass is 409 g/mol. The molecule has 2 amide bonds. The molecule has 29 heavy (non-hydrogen) atoms. The molecule has 6 nitrogen and oxygen atoms in total. The molecule has 2 aromatic heterocycles. The van der Waals surface area contributed by atoms with E-state index in [1.165, 1.54) is 29.4 Å². The highest BCUT2D eigenvalue weighted by atomic mass is 32.1. The van der Waals surface area contributed by atoms with Gasteiger partial charge in [0.15, 0.2) is 5.13 Å². The van der Waals surface area contributed by atoms with Gasteiger partial charge in [0, 0.05) is 24.0 Å². The minimum Gasteiger partial charge on any atom is -0.472 e. The normalized spacial score (nSPS) is 16.6. The number of rotatable bonds is 4. The average Bonchev–Trinajstić information content (AvgIpc) is 3.41. The molecule has 1 fully saturated rings. The summed E-state index contributed by atoms with van der Waals surface area (Å²) < 4.78 is 5.00. The van der Waals surface area contributed by atoms with Gasteiger partial charge in [-0.05, 0) is 44.4 Å². The molecule has 0 aliphatic carbocycles. The van der Waals surface area contributed by atoms with Gasteiger partial charge in [0.1, 0.15) is 6.26 Å². The SMILES string of the molecule is Cc1ccc(C)c(-c2csc(NC(=O)C3CCCN(C(=O)c4ccoc4)C3)n2)c1. The molecule has 4 rings (SSSR count). The standard InChI is InChI=1S/C22H23N3O3S/c1-14-5-6-15(2)18(10-14)19-13-29-22(23-19)24-20(26)16-4-3-8-25(11-16)21(27)17-7-9-28-12-17/h5-7,9-10,12-13,16H,3-4,8,11H2,1-2H3,(H,23,24,26). The van der Waals surface area contributed by atoms with Gasteiger partial charge in [-0.15, -0.1) is 11.3 Å². The van der Waals surface area contributed by atoms with Gasteiger partial charge in [0.2, 0.25) is 5.91 Å². The van der Waals surface area contributed by atoms with E-state index in [4.69, 9.17) is 4.42 Å². The molecule has 150 valence electrons. The van der Waals surface area contributed by atoms with Gasteiger partial charge in [-0.2, -0.15) is 0 Å². The lowest BCUT2D eigenvalue weighted by molar-refractivity contribution is -0.121. The van der Waals surface area contributed by atoms with Gasteiger partial charge < -0.3 is 14.6 Å². The van der Waals surface area contributed by atoms with Crippen molar-refractivity contribution in [3.63, 3.8) is 0 Å². The predicted molar refractivity (Wildman–Crippen MR) is 113 cm³/mol. The molecule has 0 radical (unpaired) electrons. The number of carbonyl (C=O) groups excluding carboxylic acids is 2. The molecule has 7 heteroatoms. The second-order valence-electron chi connectivity index (χ2n) is 7.45. The summed E-state index contributed by atoms with van der Waals surface area (Å²) >= 11 is 1.42. The van der Waals surface area contributed by atoms with Crippen molar-refractivity contribution in [2.45, 2.75) is 26.7 Å². The third-order valence-electron chi connectivity index (χ3n) is 5.25. The number of anilines is 1. The Morgan fingerprint density at radius 1 is 1.28 bits per heavy atom. The maximum Gasteiger partial charge on any atom is 0.257 e. The number of nitrogens with one attached hydrogen (secondary N) is 1. The Labute approximate surface area is 173 Å². The summed E-state index contributed by atoms with van der Waals surface area (Å²) in [5.74, 6) is -0.424. The van der Waals surface area contributed by atoms with Crippen LogP contribution in [0.25, 0.3) is 11.3 Å². The molecular weight excluding hydrogens is 386 g/mol. The van der Waals surface area contributed by atoms with E-state index in [9.17, 15) is 9.59 Å². The van der Waals surface area contributed by atoms with Gasteiger partial charge >= 0.3 is 0 Å². The fourth-order valence-corrected chi connectivity index (χ4v) is 4.33. The third kappa shape index (κ3) is 4.24. The van der Waals surface area contributed by atoms with Crippen LogP contribution in [-0.4, -0.2) is 34.8 Å². The molecule has 1 saturated heterocycles. The van der Waals surface area contributed by atoms with Crippen LogP contribution in [0.4, 0.5) is 5.13 Å². The lowest BCUT2D eigenvalue weighted by Gasteiger charge is -2.31. The first kappa shape index (κ1) is 19.4. The number of nitrogens with zero attached hydrogens (tertiary/aromatic N) is 2. The van der Waals surface area contributed by atoms with Gasteiger partial charge in [0.25, 0.3) is 5.91 Å². The van der Waals surface area contributed by atoms with E-state index in [-0.39, 0.29) is 17.7 Å². The maximum atomic E-state index is 12.8. The second kappa shape index (κ2) is 8.21. The van der Waals surface area contributed by atoms with Crippen molar-refractivity contribution in [1.82, 2.24) is 9.88 Å². The first-order valence-electron chi connectivity index (χ1n) is 9.67. The van der Waals surface area contributed by atoms with Crippen molar-refractivity contribution in [3.8, 4) is 11.3 Å². The van der Waals surface area contributed by atoms with Crippen molar-refractivity contribution in [1.29, 1.82) is 0 Å². The molecule has 3 aromatic rings. The third-order valence-corrected chi connectivity index (χ3v) is 6.01. The molecule has 0 bridgehead atoms. The number of aryl methyl sites for hydroxylation is 2. The Morgan fingerprint density at radius 3 is 2.93 bits per heavy atom. The van der Waals surface area contributed by atoms with E-state index < -0.39 is 0 Å². The molecule has 3 heterocycles. The molecule has 0 spiro atoms. The number of carbonyl (C=O) groups is 2. The first-order chi connectivity index (χ1) is 14.0. The van der Waals surface area contributed by atoms with Crippen molar-refractivity contribution in [2.75, 3.05) is 18.4 Å². The average molecular weight is 410 g/mol. The Balaban J connectivity index is 1.42. The number of hydrogen-bond acceptors (Lipinski definition) is 5. The van der Waals surface area contributed by atoms with E-state index in [2.05, 4.69) is 42.3 Å². The lowest BCUT2D eigenvalue weighted by atomic mass is 9.97. The first-order valence-corrected chi connectivity index (χ1v) is 10.5. The zero-order valence-corrected chi connectivity index (χ0v) is 17.3. The number of piperidine rings is 1. The Kier molecular flexibility index (Phi) is 5.49. The number of amides is 2. The number of hydrogen-bond donors (Lipinski definition) is 1. The molecule has 0 saturated carbocycles. The van der Waals surface area contributed by atoms with E-state index in [1.807, 2.05) is 5.38 Å². The quantitative estimate of drug-likeness (QED) is 0.688. The molecular formula is C22H23N3O3S. The highest BCUT2D eigenvalue weighted by molar-refractivity contribution is 7.14. The molecule has 1 aliphatic rings. The van der Waals surface area contributed by atoms with Gasteiger partial charge in [-0.1, -0.05) is 17.7 Å². The molecule has 1 aromatic carbocycles. The van der Waals surface area contributed by atoms with Gasteiger partial charge in [-0.3, -0.25) is 9.59 Å². The smallest absolute Gasteiger partial charge is 0.257 e. The van der Waals surface area contributed by atoms with E-state index >= 15 is 0 Å². The highest BCUT2D eigenvalue weighted by Gasteiger charge is 2.29. The summed E-state index contributed by atoms with van der Waals surface area (Å²) in [5.41, 5.74) is 4.79. The fourth-order valence-electron chi connectivity index (χ4n) is 3.62. The summed E-state index contributed by atoms with van der Waals surface area (Å²) in [7, 11) is 0. The number of furan rings is 1. The topological polar surface area (TPSA) is 75.4 Å². The van der Waals surface area contributed by atoms with Crippen LogP contribution in [-0.2, 0) is 4.79 Å². The number of likely N-dealkylation sites (tertiary alicyclic amines) is 1. The fraction of sp³-hybridized carbons (Fsp3) is 0.318. The van der Waals surface area contributed by atoms with Crippen LogP contribution in [0.5, 0.6) is 0 Å². The summed E-state index contributed by atoms with van der Waals surface area (Å²) in [6.45, 7) is 5.17. The van der Waals surface area contributed by atoms with Gasteiger partial charge in [-0.25, -0.2) is 4.98 Å². The van der Waals surface area contributed by atoms with Crippen LogP contribution in [0.15, 0.2) is 46.6 Å². The van der Waals surface area contributed by atoms with Crippen LogP contribution in [0.3, 0.4) is 0 Å². The largest absolute Gasteiger partial charge is 0.472 e. The Bertz CT molecular complexity index is 1030. The number of benzene rings is 1. The molecule has 1 atom stereocenters. The second-order valence-corrected chi connectivity index (χ2v) is 8.31. The van der Waals surface area contributed by atoms with Crippen molar-refractivity contribution < 1.29 is 14.0 Å². The van der Waals surface area contributed by atoms with Crippen LogP contribution in [0, 0.1) is 19.8 Å². The number of thiazole rings is 1. The van der Waals surface area contributed by atoms with Crippen LogP contribution in [0.2, 0.25) is 0 Å². The van der Waals surface area contributed by atoms with Crippen molar-refractivity contribution >= 4 is 28.3 Å². The lowest BCUT2D eigenvalue weighted by Crippen LogP contribution is -2.43. The van der Waals surface area contributed by atoms with E-state index in [0.29, 0.717) is 23.8 Å². The van der Waals surface area contributed by atoms with Crippen LogP contribution < -0.4 is 5.32 Å². The number of aromatic nitrogens is 1. The summed E-state index contributed by atoms with van der Waals surface area (Å²) in [4.78, 5) is 31.6. The Hall–Kier alpha value is -2.93. The highest BCUT2D eigenvalue weighted by Crippen LogP contribution is 2.29. The summed E-state index contributed by atoms with van der Waals surface area (Å²) in [5, 5.41) is 5.49. The van der Waals surface area contributed by atoms with Crippen LogP contribution >= 0.6 is 11.3 Å². The summed E-state index contributed by atoms with van der Waals surface area (Å²) in [6, 6.07) is 7.91. The zero-order chi connectivity index (χ0) is 20.4. The minimum atomic E-state index is -0.243.